The predicted molar refractivity (Wildman–Crippen MR) is 69.1 cm³/mol. The largest absolute Gasteiger partial charge is 0.467 e. The van der Waals surface area contributed by atoms with Crippen molar-refractivity contribution in [3.05, 3.63) is 0 Å². The summed E-state index contributed by atoms with van der Waals surface area (Å²) in [5, 5.41) is 6.06. The van der Waals surface area contributed by atoms with E-state index in [1.54, 1.807) is 6.92 Å². The van der Waals surface area contributed by atoms with Crippen LogP contribution in [0.2, 0.25) is 0 Å². The van der Waals surface area contributed by atoms with Gasteiger partial charge in [0.05, 0.1) is 13.0 Å². The van der Waals surface area contributed by atoms with Crippen LogP contribution in [0.25, 0.3) is 0 Å². The quantitative estimate of drug-likeness (QED) is 0.715. The summed E-state index contributed by atoms with van der Waals surface area (Å²) >= 11 is 0. The Morgan fingerprint density at radius 2 is 2.22 bits per heavy atom. The number of esters is 1. The van der Waals surface area contributed by atoms with Crippen LogP contribution in [0.15, 0.2) is 0 Å². The van der Waals surface area contributed by atoms with Gasteiger partial charge in [0.2, 0.25) is 5.91 Å². The highest BCUT2D eigenvalue weighted by Crippen LogP contribution is 2.17. The highest BCUT2D eigenvalue weighted by Gasteiger charge is 2.36. The van der Waals surface area contributed by atoms with Gasteiger partial charge in [-0.2, -0.15) is 0 Å². The third-order valence-corrected chi connectivity index (χ3v) is 3.45. The van der Waals surface area contributed by atoms with Gasteiger partial charge in [0.25, 0.3) is 0 Å². The molecule has 104 valence electrons. The molecule has 1 heterocycles. The topological polar surface area (TPSA) is 67.4 Å². The molecule has 0 aromatic rings. The van der Waals surface area contributed by atoms with Crippen LogP contribution in [-0.4, -0.2) is 37.6 Å². The first kappa shape index (κ1) is 15.0. The van der Waals surface area contributed by atoms with Crippen LogP contribution in [-0.2, 0) is 14.3 Å². The molecule has 1 fully saturated rings. The second-order valence-corrected chi connectivity index (χ2v) is 5.11. The second kappa shape index (κ2) is 6.73. The van der Waals surface area contributed by atoms with Gasteiger partial charge < -0.3 is 15.4 Å². The molecule has 2 atom stereocenters. The van der Waals surface area contributed by atoms with Crippen molar-refractivity contribution in [3.8, 4) is 0 Å². The van der Waals surface area contributed by atoms with Crippen LogP contribution in [0.3, 0.4) is 0 Å². The molecule has 2 unspecified atom stereocenters. The number of hydrogen-bond acceptors (Lipinski definition) is 4. The average molecular weight is 256 g/mol. The molecule has 1 amide bonds. The molecule has 5 nitrogen and oxygen atoms in total. The van der Waals surface area contributed by atoms with E-state index >= 15 is 0 Å². The number of carbonyl (C=O) groups excluding carboxylic acids is 2. The molecule has 1 rings (SSSR count). The van der Waals surface area contributed by atoms with E-state index < -0.39 is 5.54 Å². The number of hydrogen-bond donors (Lipinski definition) is 2. The van der Waals surface area contributed by atoms with Gasteiger partial charge >= 0.3 is 5.97 Å². The van der Waals surface area contributed by atoms with Crippen molar-refractivity contribution in [1.82, 2.24) is 10.6 Å². The molecule has 18 heavy (non-hydrogen) atoms. The molecule has 1 aliphatic heterocycles. The molecule has 0 spiro atoms. The van der Waals surface area contributed by atoms with Gasteiger partial charge in [-0.05, 0) is 32.7 Å². The first-order chi connectivity index (χ1) is 8.53. The average Bonchev–Trinajstić information content (AvgIpc) is 2.39. The van der Waals surface area contributed by atoms with E-state index in [1.807, 2.05) is 6.92 Å². The summed E-state index contributed by atoms with van der Waals surface area (Å²) in [6.07, 6.45) is 3.28. The number of carbonyl (C=O) groups is 2. The molecule has 1 saturated heterocycles. The number of methoxy groups -OCH3 is 1. The Morgan fingerprint density at radius 3 is 2.72 bits per heavy atom. The minimum atomic E-state index is -0.905. The zero-order valence-corrected chi connectivity index (χ0v) is 11.5. The van der Waals surface area contributed by atoms with Crippen LogP contribution < -0.4 is 10.6 Å². The van der Waals surface area contributed by atoms with Gasteiger partial charge in [-0.3, -0.25) is 4.79 Å². The third kappa shape index (κ3) is 3.70. The summed E-state index contributed by atoms with van der Waals surface area (Å²) < 4.78 is 4.79. The molecule has 0 bridgehead atoms. The van der Waals surface area contributed by atoms with E-state index in [0.29, 0.717) is 13.0 Å². The minimum absolute atomic E-state index is 0.0420. The predicted octanol–water partition coefficient (Wildman–Crippen LogP) is 0.834. The molecular formula is C13H24N2O3. The standard InChI is InChI=1S/C13H24N2O3/c1-4-7-13(2,12(17)18-3)15-11(16)10-6-5-8-14-9-10/h10,14H,4-9H2,1-3H3,(H,15,16). The van der Waals surface area contributed by atoms with Gasteiger partial charge in [0.15, 0.2) is 0 Å². The Balaban J connectivity index is 2.64. The number of ether oxygens (including phenoxy) is 1. The maximum Gasteiger partial charge on any atom is 0.331 e. The molecular weight excluding hydrogens is 232 g/mol. The molecule has 0 aliphatic carbocycles. The zero-order chi connectivity index (χ0) is 13.6. The fraction of sp³-hybridized carbons (Fsp3) is 0.846. The van der Waals surface area contributed by atoms with E-state index in [1.165, 1.54) is 7.11 Å². The van der Waals surface area contributed by atoms with Crippen LogP contribution in [0.5, 0.6) is 0 Å². The van der Waals surface area contributed by atoms with Crippen molar-refractivity contribution in [1.29, 1.82) is 0 Å². The maximum atomic E-state index is 12.2. The smallest absolute Gasteiger partial charge is 0.331 e. The van der Waals surface area contributed by atoms with Crippen molar-refractivity contribution < 1.29 is 14.3 Å². The van der Waals surface area contributed by atoms with Crippen LogP contribution >= 0.6 is 0 Å². The molecule has 0 radical (unpaired) electrons. The van der Waals surface area contributed by atoms with Gasteiger partial charge in [-0.25, -0.2) is 4.79 Å². The molecule has 1 aliphatic rings. The summed E-state index contributed by atoms with van der Waals surface area (Å²) in [7, 11) is 1.35. The lowest BCUT2D eigenvalue weighted by molar-refractivity contribution is -0.151. The van der Waals surface area contributed by atoms with Gasteiger partial charge in [0, 0.05) is 6.54 Å². The maximum absolute atomic E-state index is 12.2. The van der Waals surface area contributed by atoms with Crippen LogP contribution in [0.4, 0.5) is 0 Å². The Kier molecular flexibility index (Phi) is 5.59. The fourth-order valence-electron chi connectivity index (χ4n) is 2.39. The molecule has 0 aromatic carbocycles. The highest BCUT2D eigenvalue weighted by molar-refractivity contribution is 5.88. The monoisotopic (exact) mass is 256 g/mol. The van der Waals surface area contributed by atoms with E-state index in [2.05, 4.69) is 10.6 Å². The van der Waals surface area contributed by atoms with E-state index in [-0.39, 0.29) is 17.8 Å². The summed E-state index contributed by atoms with van der Waals surface area (Å²) in [5.41, 5.74) is -0.905. The summed E-state index contributed by atoms with van der Waals surface area (Å²) in [5.74, 6) is -0.468. The lowest BCUT2D eigenvalue weighted by Gasteiger charge is -2.31. The zero-order valence-electron chi connectivity index (χ0n) is 11.5. The van der Waals surface area contributed by atoms with Gasteiger partial charge in [-0.15, -0.1) is 0 Å². The van der Waals surface area contributed by atoms with Crippen molar-refractivity contribution in [3.63, 3.8) is 0 Å². The Bertz CT molecular complexity index is 301. The lowest BCUT2D eigenvalue weighted by atomic mass is 9.93. The Hall–Kier alpha value is -1.10. The molecule has 2 N–H and O–H groups in total. The second-order valence-electron chi connectivity index (χ2n) is 5.11. The van der Waals surface area contributed by atoms with Crippen LogP contribution in [0.1, 0.15) is 39.5 Å². The summed E-state index contributed by atoms with van der Waals surface area (Å²) in [6.45, 7) is 5.37. The Labute approximate surface area is 109 Å². The SMILES string of the molecule is CCCC(C)(NC(=O)C1CCCNC1)C(=O)OC. The molecule has 0 aromatic heterocycles. The van der Waals surface area contributed by atoms with E-state index in [4.69, 9.17) is 4.74 Å². The van der Waals surface area contributed by atoms with Gasteiger partial charge in [0.1, 0.15) is 5.54 Å². The van der Waals surface area contributed by atoms with Crippen molar-refractivity contribution in [2.45, 2.75) is 45.1 Å². The van der Waals surface area contributed by atoms with Crippen molar-refractivity contribution in [2.75, 3.05) is 20.2 Å². The van der Waals surface area contributed by atoms with E-state index in [9.17, 15) is 9.59 Å². The number of nitrogens with one attached hydrogen (secondary N) is 2. The van der Waals surface area contributed by atoms with Crippen molar-refractivity contribution >= 4 is 11.9 Å². The van der Waals surface area contributed by atoms with E-state index in [0.717, 1.165) is 25.8 Å². The highest BCUT2D eigenvalue weighted by atomic mass is 16.5. The first-order valence-electron chi connectivity index (χ1n) is 6.64. The first-order valence-corrected chi connectivity index (χ1v) is 6.64. The summed E-state index contributed by atoms with van der Waals surface area (Å²) in [4.78, 5) is 23.9. The summed E-state index contributed by atoms with van der Waals surface area (Å²) in [6, 6.07) is 0. The lowest BCUT2D eigenvalue weighted by Crippen LogP contribution is -2.55. The van der Waals surface area contributed by atoms with Crippen LogP contribution in [0, 0.1) is 5.92 Å². The number of piperidine rings is 1. The normalized spacial score (nSPS) is 22.9. The molecule has 5 heteroatoms. The fourth-order valence-corrected chi connectivity index (χ4v) is 2.39. The minimum Gasteiger partial charge on any atom is -0.467 e. The Morgan fingerprint density at radius 1 is 1.50 bits per heavy atom. The number of rotatable bonds is 5. The van der Waals surface area contributed by atoms with Crippen molar-refractivity contribution in [2.24, 2.45) is 5.92 Å². The third-order valence-electron chi connectivity index (χ3n) is 3.45. The van der Waals surface area contributed by atoms with Gasteiger partial charge in [-0.1, -0.05) is 13.3 Å². The number of amides is 1. The molecule has 0 saturated carbocycles.